The fourth-order valence-corrected chi connectivity index (χ4v) is 3.57. The van der Waals surface area contributed by atoms with Crippen LogP contribution in [0.5, 0.6) is 0 Å². The third kappa shape index (κ3) is 3.37. The van der Waals surface area contributed by atoms with Crippen LogP contribution in [0.25, 0.3) is 6.08 Å². The molecule has 0 aromatic carbocycles. The van der Waals surface area contributed by atoms with Gasteiger partial charge in [-0.15, -0.1) is 0 Å². The van der Waals surface area contributed by atoms with Crippen LogP contribution in [0.2, 0.25) is 0 Å². The Labute approximate surface area is 132 Å². The Hall–Kier alpha value is -1.15. The summed E-state index contributed by atoms with van der Waals surface area (Å²) >= 11 is 6.68. The van der Waals surface area contributed by atoms with Crippen molar-refractivity contribution in [3.63, 3.8) is 0 Å². The number of rotatable bonds is 3. The number of carbonyl (C=O) groups is 1. The Balaban J connectivity index is 1.71. The zero-order valence-electron chi connectivity index (χ0n) is 11.8. The summed E-state index contributed by atoms with van der Waals surface area (Å²) in [5.74, 6) is 1.49. The number of quaternary nitrogens is 1. The highest BCUT2D eigenvalue weighted by atomic mass is 32.2. The molecule has 2 aliphatic rings. The van der Waals surface area contributed by atoms with Crippen molar-refractivity contribution in [3.8, 4) is 0 Å². The van der Waals surface area contributed by atoms with Gasteiger partial charge in [-0.25, -0.2) is 4.90 Å². The average molecular weight is 325 g/mol. The molecule has 0 saturated carbocycles. The lowest BCUT2D eigenvalue weighted by atomic mass is 10.3. The molecule has 0 aliphatic carbocycles. The number of ether oxygens (including phenoxy) is 1. The Bertz CT molecular complexity index is 591. The molecule has 0 bridgehead atoms. The smallest absolute Gasteiger partial charge is 0.270 e. The number of furan rings is 1. The number of morpholine rings is 1. The van der Waals surface area contributed by atoms with Crippen LogP contribution in [0.4, 0.5) is 0 Å². The number of hydrogen-bond donors (Lipinski definition) is 1. The summed E-state index contributed by atoms with van der Waals surface area (Å²) in [6.45, 7) is 5.80. The van der Waals surface area contributed by atoms with Crippen LogP contribution in [-0.4, -0.2) is 48.1 Å². The monoisotopic (exact) mass is 325 g/mol. The molecular formula is C14H17N2O3S2+. The van der Waals surface area contributed by atoms with Gasteiger partial charge in [-0.05, 0) is 19.1 Å². The molecule has 3 heterocycles. The Morgan fingerprint density at radius 3 is 2.86 bits per heavy atom. The van der Waals surface area contributed by atoms with E-state index in [9.17, 15) is 4.79 Å². The molecule has 1 N–H and O–H groups in total. The minimum Gasteiger partial charge on any atom is -0.462 e. The third-order valence-electron chi connectivity index (χ3n) is 3.49. The molecule has 0 unspecified atom stereocenters. The lowest BCUT2D eigenvalue weighted by molar-refractivity contribution is -0.914. The first-order valence-electron chi connectivity index (χ1n) is 6.86. The minimum atomic E-state index is -0.0296. The van der Waals surface area contributed by atoms with Crippen molar-refractivity contribution in [2.24, 2.45) is 0 Å². The van der Waals surface area contributed by atoms with Crippen molar-refractivity contribution in [2.75, 3.05) is 33.0 Å². The van der Waals surface area contributed by atoms with Crippen LogP contribution in [0.15, 0.2) is 21.5 Å². The maximum atomic E-state index is 12.5. The summed E-state index contributed by atoms with van der Waals surface area (Å²) in [5, 5.41) is 0. The van der Waals surface area contributed by atoms with Crippen LogP contribution in [-0.2, 0) is 9.53 Å². The van der Waals surface area contributed by atoms with Crippen molar-refractivity contribution >= 4 is 40.3 Å². The van der Waals surface area contributed by atoms with Crippen LogP contribution >= 0.6 is 24.0 Å². The first-order valence-corrected chi connectivity index (χ1v) is 8.09. The van der Waals surface area contributed by atoms with E-state index in [1.807, 2.05) is 19.1 Å². The predicted octanol–water partition coefficient (Wildman–Crippen LogP) is 0.662. The molecule has 21 heavy (non-hydrogen) atoms. The first kappa shape index (κ1) is 14.8. The molecule has 0 radical (unpaired) electrons. The summed E-state index contributed by atoms with van der Waals surface area (Å²) in [5.41, 5.74) is 0. The van der Waals surface area contributed by atoms with E-state index in [4.69, 9.17) is 21.4 Å². The topological polar surface area (TPSA) is 47.1 Å². The van der Waals surface area contributed by atoms with E-state index in [1.54, 1.807) is 11.0 Å². The van der Waals surface area contributed by atoms with Gasteiger partial charge in [-0.2, -0.15) is 0 Å². The second kappa shape index (κ2) is 6.31. The highest BCUT2D eigenvalue weighted by molar-refractivity contribution is 8.26. The van der Waals surface area contributed by atoms with Crippen LogP contribution in [0, 0.1) is 6.92 Å². The second-order valence-corrected chi connectivity index (χ2v) is 6.75. The van der Waals surface area contributed by atoms with E-state index < -0.39 is 0 Å². The lowest BCUT2D eigenvalue weighted by Gasteiger charge is -2.27. The van der Waals surface area contributed by atoms with Gasteiger partial charge in [0.1, 0.15) is 24.6 Å². The zero-order valence-corrected chi connectivity index (χ0v) is 13.4. The first-order chi connectivity index (χ1) is 10.1. The molecular weight excluding hydrogens is 308 g/mol. The van der Waals surface area contributed by atoms with Gasteiger partial charge in [0.2, 0.25) is 0 Å². The molecule has 2 fully saturated rings. The summed E-state index contributed by atoms with van der Waals surface area (Å²) < 4.78 is 11.4. The van der Waals surface area contributed by atoms with Crippen molar-refractivity contribution in [1.29, 1.82) is 0 Å². The largest absolute Gasteiger partial charge is 0.462 e. The highest BCUT2D eigenvalue weighted by Crippen LogP contribution is 2.32. The Kier molecular flexibility index (Phi) is 4.44. The Morgan fingerprint density at radius 1 is 1.43 bits per heavy atom. The van der Waals surface area contributed by atoms with Gasteiger partial charge in [0.25, 0.3) is 5.91 Å². The van der Waals surface area contributed by atoms with Gasteiger partial charge in [0.15, 0.2) is 11.0 Å². The van der Waals surface area contributed by atoms with Gasteiger partial charge < -0.3 is 14.1 Å². The molecule has 5 nitrogen and oxygen atoms in total. The van der Waals surface area contributed by atoms with E-state index in [0.717, 1.165) is 32.1 Å². The van der Waals surface area contributed by atoms with Gasteiger partial charge in [0, 0.05) is 6.08 Å². The number of carbonyl (C=O) groups excluding carboxylic acids is 1. The summed E-state index contributed by atoms with van der Waals surface area (Å²) in [6, 6.07) is 3.74. The molecule has 2 aliphatic heterocycles. The minimum absolute atomic E-state index is 0.0296. The third-order valence-corrected chi connectivity index (χ3v) is 4.87. The van der Waals surface area contributed by atoms with E-state index in [0.29, 0.717) is 21.7 Å². The molecule has 112 valence electrons. The zero-order chi connectivity index (χ0) is 14.8. The van der Waals surface area contributed by atoms with Gasteiger partial charge in [-0.3, -0.25) is 4.79 Å². The van der Waals surface area contributed by atoms with E-state index in [2.05, 4.69) is 0 Å². The lowest BCUT2D eigenvalue weighted by Crippen LogP contribution is -3.15. The van der Waals surface area contributed by atoms with Crippen molar-refractivity contribution in [1.82, 2.24) is 4.90 Å². The van der Waals surface area contributed by atoms with Crippen molar-refractivity contribution in [2.45, 2.75) is 6.92 Å². The molecule has 3 rings (SSSR count). The number of thiocarbonyl (C=S) groups is 1. The van der Waals surface area contributed by atoms with Crippen molar-refractivity contribution < 1.29 is 18.8 Å². The van der Waals surface area contributed by atoms with E-state index >= 15 is 0 Å². The molecule has 1 aromatic rings. The van der Waals surface area contributed by atoms with E-state index in [1.165, 1.54) is 16.7 Å². The van der Waals surface area contributed by atoms with Crippen LogP contribution < -0.4 is 4.90 Å². The number of nitrogens with one attached hydrogen (secondary N) is 1. The fraction of sp³-hybridized carbons (Fsp3) is 0.429. The highest BCUT2D eigenvalue weighted by Gasteiger charge is 2.35. The number of thioether (sulfide) groups is 1. The van der Waals surface area contributed by atoms with Crippen molar-refractivity contribution in [3.05, 3.63) is 28.6 Å². The van der Waals surface area contributed by atoms with E-state index in [-0.39, 0.29) is 5.91 Å². The SMILES string of the molecule is Cc1ccc(/C=C2\SC(=S)N(C[NH+]3CCOCC3)C2=O)o1. The number of aryl methyl sites for hydroxylation is 1. The molecule has 7 heteroatoms. The summed E-state index contributed by atoms with van der Waals surface area (Å²) in [6.07, 6.45) is 1.76. The fourth-order valence-electron chi connectivity index (χ4n) is 2.34. The maximum absolute atomic E-state index is 12.5. The quantitative estimate of drug-likeness (QED) is 0.654. The summed E-state index contributed by atoms with van der Waals surface area (Å²) in [7, 11) is 0. The average Bonchev–Trinajstić information content (AvgIpc) is 2.99. The number of hydrogen-bond acceptors (Lipinski definition) is 5. The molecule has 2 saturated heterocycles. The molecule has 0 spiro atoms. The van der Waals surface area contributed by atoms with Gasteiger partial charge >= 0.3 is 0 Å². The van der Waals surface area contributed by atoms with Crippen LogP contribution in [0.3, 0.4) is 0 Å². The molecule has 1 aromatic heterocycles. The molecule has 1 amide bonds. The number of nitrogens with zero attached hydrogens (tertiary/aromatic N) is 1. The maximum Gasteiger partial charge on any atom is 0.270 e. The molecule has 0 atom stereocenters. The normalized spacial score (nSPS) is 22.5. The second-order valence-electron chi connectivity index (χ2n) is 5.08. The standard InChI is InChI=1S/C14H16N2O3S2/c1-10-2-3-11(19-10)8-12-13(17)16(14(20)21-12)9-15-4-6-18-7-5-15/h2-3,8H,4-7,9H2,1H3/p+1/b12-8-. The number of amides is 1. The van der Waals surface area contributed by atoms with Gasteiger partial charge in [0.05, 0.1) is 18.1 Å². The van der Waals surface area contributed by atoms with Gasteiger partial charge in [-0.1, -0.05) is 24.0 Å². The van der Waals surface area contributed by atoms with Crippen LogP contribution in [0.1, 0.15) is 11.5 Å². The Morgan fingerprint density at radius 2 is 2.19 bits per heavy atom. The summed E-state index contributed by atoms with van der Waals surface area (Å²) in [4.78, 5) is 16.1. The predicted molar refractivity (Wildman–Crippen MR) is 84.8 cm³/mol.